The van der Waals surface area contributed by atoms with Gasteiger partial charge in [-0.05, 0) is 5.53 Å². The van der Waals surface area contributed by atoms with Gasteiger partial charge in [0.05, 0.1) is 19.1 Å². The number of nitrogen functional groups attached to an aromatic ring is 1. The first kappa shape index (κ1) is 16.6. The van der Waals surface area contributed by atoms with Gasteiger partial charge in [0.2, 0.25) is 0 Å². The minimum atomic E-state index is -0.952. The molecule has 0 radical (unpaired) electrons. The van der Waals surface area contributed by atoms with Crippen LogP contribution < -0.4 is 5.73 Å². The van der Waals surface area contributed by atoms with E-state index in [2.05, 4.69) is 15.0 Å². The number of hydrogen-bond acceptors (Lipinski definition) is 8. The maximum Gasteiger partial charge on any atom is 0.303 e. The Morgan fingerprint density at radius 3 is 2.61 bits per heavy atom. The maximum atomic E-state index is 11.4. The number of carbonyl (C=O) groups is 2. The summed E-state index contributed by atoms with van der Waals surface area (Å²) in [6, 6.07) is 0. The summed E-state index contributed by atoms with van der Waals surface area (Å²) in [6.45, 7) is 2.34. The molecule has 2 rings (SSSR count). The summed E-state index contributed by atoms with van der Waals surface area (Å²) < 4.78 is 17.6. The molecule has 1 saturated heterocycles. The van der Waals surface area contributed by atoms with E-state index in [-0.39, 0.29) is 12.4 Å². The quantitative estimate of drug-likeness (QED) is 0.358. The molecule has 1 aromatic heterocycles. The fourth-order valence-corrected chi connectivity index (χ4v) is 2.37. The van der Waals surface area contributed by atoms with Gasteiger partial charge in [0.15, 0.2) is 18.4 Å². The molecule has 0 spiro atoms. The predicted octanol–water partition coefficient (Wildman–Crippen LogP) is 0.536. The molecule has 2 heterocycles. The van der Waals surface area contributed by atoms with Crippen LogP contribution in [0.25, 0.3) is 10.4 Å². The van der Waals surface area contributed by atoms with Gasteiger partial charge in [-0.25, -0.2) is 4.98 Å². The number of ether oxygens (including phenoxy) is 3. The van der Waals surface area contributed by atoms with Crippen molar-refractivity contribution in [3.05, 3.63) is 23.0 Å². The highest BCUT2D eigenvalue weighted by atomic mass is 16.6. The van der Waals surface area contributed by atoms with E-state index in [9.17, 15) is 9.59 Å². The predicted molar refractivity (Wildman–Crippen MR) is 75.7 cm³/mol. The van der Waals surface area contributed by atoms with Gasteiger partial charge in [-0.1, -0.05) is 5.11 Å². The first-order valence-corrected chi connectivity index (χ1v) is 6.72. The molecular formula is C12H16N6O5. The third-order valence-electron chi connectivity index (χ3n) is 3.18. The molecule has 0 saturated carbocycles. The number of carbonyl (C=O) groups excluding carboxylic acids is 2. The molecule has 11 heteroatoms. The second-order valence-electron chi connectivity index (χ2n) is 4.85. The molecule has 23 heavy (non-hydrogen) atoms. The Balaban J connectivity index is 2.36. The fourth-order valence-electron chi connectivity index (χ4n) is 2.37. The molecule has 0 amide bonds. The van der Waals surface area contributed by atoms with Crippen molar-refractivity contribution >= 4 is 17.8 Å². The van der Waals surface area contributed by atoms with Crippen LogP contribution in [0.1, 0.15) is 20.1 Å². The van der Waals surface area contributed by atoms with Gasteiger partial charge in [-0.3, -0.25) is 14.2 Å². The van der Waals surface area contributed by atoms with Crippen molar-refractivity contribution in [1.29, 1.82) is 0 Å². The third kappa shape index (κ3) is 3.71. The standard InChI is InChI=1S/C12H16N6O5/c1-6(19)21-10-8(3-16-17-14)23-12(11(10)22-7(2)20)18-5-15-4-9(18)13/h4-5,8,10-12H,3,13H2,1-2H3/t8-,10-,11-,12-/m1/s1. The van der Waals surface area contributed by atoms with Crippen molar-refractivity contribution in [3.8, 4) is 0 Å². The second kappa shape index (κ2) is 6.99. The summed E-state index contributed by atoms with van der Waals surface area (Å²) in [5, 5.41) is 3.43. The lowest BCUT2D eigenvalue weighted by atomic mass is 10.1. The molecule has 0 aliphatic carbocycles. The normalized spacial score (nSPS) is 26.3. The van der Waals surface area contributed by atoms with Crippen molar-refractivity contribution in [1.82, 2.24) is 9.55 Å². The summed E-state index contributed by atoms with van der Waals surface area (Å²) in [5.74, 6) is -0.886. The highest BCUT2D eigenvalue weighted by Crippen LogP contribution is 2.35. The average molecular weight is 324 g/mol. The van der Waals surface area contributed by atoms with E-state index in [4.69, 9.17) is 25.5 Å². The highest BCUT2D eigenvalue weighted by Gasteiger charge is 2.50. The smallest absolute Gasteiger partial charge is 0.303 e. The molecule has 11 nitrogen and oxygen atoms in total. The highest BCUT2D eigenvalue weighted by molar-refractivity contribution is 5.67. The Hall–Kier alpha value is -2.78. The molecule has 1 aliphatic rings. The average Bonchev–Trinajstić information content (AvgIpc) is 3.01. The number of azide groups is 1. The zero-order valence-corrected chi connectivity index (χ0v) is 12.5. The molecule has 1 aromatic rings. The van der Waals surface area contributed by atoms with Crippen molar-refractivity contribution in [3.63, 3.8) is 0 Å². The van der Waals surface area contributed by atoms with Gasteiger partial charge < -0.3 is 19.9 Å². The Morgan fingerprint density at radius 1 is 1.43 bits per heavy atom. The largest absolute Gasteiger partial charge is 0.456 e. The summed E-state index contributed by atoms with van der Waals surface area (Å²) in [7, 11) is 0. The summed E-state index contributed by atoms with van der Waals surface area (Å²) in [5.41, 5.74) is 14.3. The van der Waals surface area contributed by atoms with Gasteiger partial charge in [0, 0.05) is 18.8 Å². The SMILES string of the molecule is CC(=O)O[C@@H]1[C@H](OC(C)=O)[C@@H](CN=[N+]=[N-])O[C@H]1n1cncc1N. The van der Waals surface area contributed by atoms with Crippen LogP contribution in [0.5, 0.6) is 0 Å². The summed E-state index contributed by atoms with van der Waals surface area (Å²) in [6.07, 6.45) is -0.733. The molecule has 1 aliphatic heterocycles. The molecule has 1 fully saturated rings. The molecule has 0 aromatic carbocycles. The Bertz CT molecular complexity index is 640. The number of imidazole rings is 1. The van der Waals surface area contributed by atoms with E-state index in [1.807, 2.05) is 0 Å². The number of esters is 2. The Morgan fingerprint density at radius 2 is 2.09 bits per heavy atom. The molecular weight excluding hydrogens is 308 g/mol. The third-order valence-corrected chi connectivity index (χ3v) is 3.18. The van der Waals surface area contributed by atoms with Crippen LogP contribution in [0.4, 0.5) is 5.82 Å². The van der Waals surface area contributed by atoms with E-state index in [1.54, 1.807) is 0 Å². The van der Waals surface area contributed by atoms with E-state index in [1.165, 1.54) is 30.9 Å². The zero-order chi connectivity index (χ0) is 17.0. The first-order valence-electron chi connectivity index (χ1n) is 6.72. The van der Waals surface area contributed by atoms with Crippen LogP contribution in [-0.2, 0) is 23.8 Å². The van der Waals surface area contributed by atoms with Crippen molar-refractivity contribution in [2.45, 2.75) is 38.4 Å². The van der Waals surface area contributed by atoms with Crippen LogP contribution >= 0.6 is 0 Å². The van der Waals surface area contributed by atoms with Crippen molar-refractivity contribution < 1.29 is 23.8 Å². The van der Waals surface area contributed by atoms with Crippen molar-refractivity contribution in [2.24, 2.45) is 5.11 Å². The number of nitrogens with zero attached hydrogens (tertiary/aromatic N) is 5. The summed E-state index contributed by atoms with van der Waals surface area (Å²) in [4.78, 5) is 29.3. The van der Waals surface area contributed by atoms with Gasteiger partial charge in [0.1, 0.15) is 11.9 Å². The molecule has 0 bridgehead atoms. The minimum absolute atomic E-state index is 0.0999. The minimum Gasteiger partial charge on any atom is -0.456 e. The molecule has 0 unspecified atom stereocenters. The van der Waals surface area contributed by atoms with E-state index >= 15 is 0 Å². The topological polar surface area (TPSA) is 154 Å². The van der Waals surface area contributed by atoms with Gasteiger partial charge in [-0.15, -0.1) is 0 Å². The molecule has 124 valence electrons. The summed E-state index contributed by atoms with van der Waals surface area (Å²) >= 11 is 0. The van der Waals surface area contributed by atoms with Crippen LogP contribution in [0.2, 0.25) is 0 Å². The lowest BCUT2D eigenvalue weighted by Gasteiger charge is -2.23. The van der Waals surface area contributed by atoms with Crippen LogP contribution in [0.3, 0.4) is 0 Å². The van der Waals surface area contributed by atoms with Gasteiger partial charge in [-0.2, -0.15) is 0 Å². The van der Waals surface area contributed by atoms with Crippen molar-refractivity contribution in [2.75, 3.05) is 12.3 Å². The second-order valence-corrected chi connectivity index (χ2v) is 4.85. The maximum absolute atomic E-state index is 11.4. The van der Waals surface area contributed by atoms with E-state index in [0.717, 1.165) is 0 Å². The Kier molecular flexibility index (Phi) is 5.04. The number of anilines is 1. The Labute approximate surface area is 130 Å². The molecule has 4 atom stereocenters. The number of rotatable bonds is 5. The number of hydrogen-bond donors (Lipinski definition) is 1. The van der Waals surface area contributed by atoms with Crippen LogP contribution in [0, 0.1) is 0 Å². The molecule has 2 N–H and O–H groups in total. The zero-order valence-electron chi connectivity index (χ0n) is 12.5. The van der Waals surface area contributed by atoms with Gasteiger partial charge >= 0.3 is 11.9 Å². The van der Waals surface area contributed by atoms with E-state index in [0.29, 0.717) is 0 Å². The fraction of sp³-hybridized carbons (Fsp3) is 0.583. The first-order chi connectivity index (χ1) is 10.9. The lowest BCUT2D eigenvalue weighted by molar-refractivity contribution is -0.165. The lowest BCUT2D eigenvalue weighted by Crippen LogP contribution is -2.39. The van der Waals surface area contributed by atoms with E-state index < -0.39 is 36.5 Å². The number of aromatic nitrogens is 2. The van der Waals surface area contributed by atoms with Crippen LogP contribution in [-0.4, -0.2) is 46.3 Å². The van der Waals surface area contributed by atoms with Gasteiger partial charge in [0.25, 0.3) is 0 Å². The monoisotopic (exact) mass is 324 g/mol. The van der Waals surface area contributed by atoms with Crippen LogP contribution in [0.15, 0.2) is 17.6 Å². The number of nitrogens with two attached hydrogens (primary N) is 1.